The van der Waals surface area contributed by atoms with Crippen molar-refractivity contribution < 1.29 is 0 Å². The van der Waals surface area contributed by atoms with Gasteiger partial charge in [-0.05, 0) is 30.4 Å². The summed E-state index contributed by atoms with van der Waals surface area (Å²) in [7, 11) is 0. The van der Waals surface area contributed by atoms with E-state index in [4.69, 9.17) is 5.84 Å². The van der Waals surface area contributed by atoms with Crippen LogP contribution >= 0.6 is 22.9 Å². The van der Waals surface area contributed by atoms with Crippen LogP contribution in [-0.4, -0.2) is 21.0 Å². The lowest BCUT2D eigenvalue weighted by Gasteiger charge is -2.33. The van der Waals surface area contributed by atoms with Gasteiger partial charge in [-0.1, -0.05) is 4.49 Å². The monoisotopic (exact) mass is 281 g/mol. The molecule has 1 aliphatic heterocycles. The molecule has 0 radical (unpaired) electrons. The predicted octanol–water partition coefficient (Wildman–Crippen LogP) is 2.00. The second-order valence-electron chi connectivity index (χ2n) is 4.39. The average Bonchev–Trinajstić information content (AvgIpc) is 3.01. The number of fused-ring (bicyclic) bond motifs is 1. The number of thiophene rings is 1. The Morgan fingerprint density at radius 2 is 2.50 bits per heavy atom. The number of rotatable bonds is 3. The van der Waals surface area contributed by atoms with E-state index in [0.717, 1.165) is 30.2 Å². The maximum Gasteiger partial charge on any atom is 0.148 e. The lowest BCUT2D eigenvalue weighted by atomic mass is 10.0. The van der Waals surface area contributed by atoms with Crippen molar-refractivity contribution in [2.45, 2.75) is 25.9 Å². The van der Waals surface area contributed by atoms with Gasteiger partial charge in [0.05, 0.1) is 0 Å². The van der Waals surface area contributed by atoms with Gasteiger partial charge in [0.1, 0.15) is 10.7 Å². The van der Waals surface area contributed by atoms with Gasteiger partial charge in [-0.15, -0.1) is 16.4 Å². The molecule has 0 fully saturated rings. The molecule has 1 atom stereocenters. The van der Waals surface area contributed by atoms with Crippen molar-refractivity contribution in [1.82, 2.24) is 14.5 Å². The lowest BCUT2D eigenvalue weighted by molar-refractivity contribution is 0.189. The number of anilines is 1. The van der Waals surface area contributed by atoms with Gasteiger partial charge in [0.25, 0.3) is 0 Å². The Morgan fingerprint density at radius 3 is 3.33 bits per heavy atom. The number of hydrogen-bond acceptors (Lipinski definition) is 7. The van der Waals surface area contributed by atoms with Crippen LogP contribution in [0.1, 0.15) is 29.1 Å². The fourth-order valence-corrected chi connectivity index (χ4v) is 3.84. The van der Waals surface area contributed by atoms with Crippen molar-refractivity contribution in [2.24, 2.45) is 5.84 Å². The number of hydrazine groups is 1. The smallest absolute Gasteiger partial charge is 0.148 e. The van der Waals surface area contributed by atoms with Crippen LogP contribution < -0.4 is 11.3 Å². The molecule has 2 aromatic heterocycles. The first-order valence-corrected chi connectivity index (χ1v) is 7.53. The molecule has 3 N–H and O–H groups in total. The molecule has 1 aliphatic rings. The molecule has 0 aromatic carbocycles. The third kappa shape index (κ3) is 2.03. The molecule has 0 saturated carbocycles. The van der Waals surface area contributed by atoms with Crippen LogP contribution in [0.25, 0.3) is 0 Å². The van der Waals surface area contributed by atoms with Crippen molar-refractivity contribution >= 4 is 27.9 Å². The first-order chi connectivity index (χ1) is 8.79. The van der Waals surface area contributed by atoms with Gasteiger partial charge in [0.15, 0.2) is 0 Å². The van der Waals surface area contributed by atoms with Gasteiger partial charge in [0, 0.05) is 35.5 Å². The Balaban J connectivity index is 1.79. The van der Waals surface area contributed by atoms with E-state index < -0.39 is 0 Å². The molecule has 7 heteroatoms. The molecule has 0 aliphatic carbocycles. The quantitative estimate of drug-likeness (QED) is 0.665. The van der Waals surface area contributed by atoms with Crippen molar-refractivity contribution in [1.29, 1.82) is 0 Å². The summed E-state index contributed by atoms with van der Waals surface area (Å²) in [5.41, 5.74) is 5.06. The summed E-state index contributed by atoms with van der Waals surface area (Å²) in [4.78, 5) is 3.94. The van der Waals surface area contributed by atoms with Gasteiger partial charge >= 0.3 is 0 Å². The highest BCUT2D eigenvalue weighted by atomic mass is 32.1. The first kappa shape index (κ1) is 12.0. The van der Waals surface area contributed by atoms with E-state index in [1.54, 1.807) is 0 Å². The molecule has 18 heavy (non-hydrogen) atoms. The van der Waals surface area contributed by atoms with E-state index in [-0.39, 0.29) is 0 Å². The van der Waals surface area contributed by atoms with E-state index in [1.807, 2.05) is 11.3 Å². The number of aromatic nitrogens is 2. The van der Waals surface area contributed by atoms with Crippen LogP contribution in [0.3, 0.4) is 0 Å². The van der Waals surface area contributed by atoms with Gasteiger partial charge in [-0.2, -0.15) is 0 Å². The van der Waals surface area contributed by atoms with Crippen LogP contribution in [0.5, 0.6) is 0 Å². The normalized spacial score (nSPS) is 19.8. The van der Waals surface area contributed by atoms with Crippen LogP contribution in [0.15, 0.2) is 11.4 Å². The number of nitrogens with zero attached hydrogens (tertiary/aromatic N) is 3. The predicted molar refractivity (Wildman–Crippen MR) is 74.6 cm³/mol. The zero-order valence-corrected chi connectivity index (χ0v) is 11.7. The minimum Gasteiger partial charge on any atom is -0.313 e. The molecule has 0 saturated heterocycles. The zero-order valence-electron chi connectivity index (χ0n) is 10.1. The second kappa shape index (κ2) is 4.93. The Bertz CT molecular complexity index is 535. The molecular formula is C11H15N5S2. The second-order valence-corrected chi connectivity index (χ2v) is 6.14. The minimum absolute atomic E-state index is 0.437. The molecule has 0 amide bonds. The molecule has 1 unspecified atom stereocenters. The average molecular weight is 281 g/mol. The summed E-state index contributed by atoms with van der Waals surface area (Å²) >= 11 is 3.17. The van der Waals surface area contributed by atoms with Gasteiger partial charge in [-0.25, -0.2) is 5.84 Å². The van der Waals surface area contributed by atoms with E-state index in [2.05, 4.69) is 38.3 Å². The number of nitrogens with two attached hydrogens (primary N) is 1. The van der Waals surface area contributed by atoms with Gasteiger partial charge in [-0.3, -0.25) is 4.90 Å². The minimum atomic E-state index is 0.437. The summed E-state index contributed by atoms with van der Waals surface area (Å²) in [6.07, 6.45) is 1.13. The van der Waals surface area contributed by atoms with Crippen molar-refractivity contribution in [2.75, 3.05) is 12.0 Å². The summed E-state index contributed by atoms with van der Waals surface area (Å²) in [6.45, 7) is 4.11. The molecule has 96 valence electrons. The van der Waals surface area contributed by atoms with Crippen molar-refractivity contribution in [3.8, 4) is 0 Å². The van der Waals surface area contributed by atoms with E-state index in [0.29, 0.717) is 6.04 Å². The molecule has 3 rings (SSSR count). The summed E-state index contributed by atoms with van der Waals surface area (Å²) in [6, 6.07) is 2.67. The Morgan fingerprint density at radius 1 is 1.61 bits per heavy atom. The molecule has 3 heterocycles. The highest BCUT2D eigenvalue weighted by Crippen LogP contribution is 2.34. The van der Waals surface area contributed by atoms with Gasteiger partial charge < -0.3 is 5.43 Å². The number of nitrogens with one attached hydrogen (secondary N) is 1. The molecule has 0 spiro atoms. The van der Waals surface area contributed by atoms with E-state index in [1.165, 1.54) is 22.0 Å². The zero-order chi connectivity index (χ0) is 12.5. The summed E-state index contributed by atoms with van der Waals surface area (Å²) in [5, 5.41) is 7.19. The Kier molecular flexibility index (Phi) is 3.29. The standard InChI is InChI=1S/C11H15N5S2/c1-7-8-3-5-17-10(8)2-4-16(7)6-9-11(13-12)18-15-14-9/h3,5,7,13H,2,4,6,12H2,1H3. The fraction of sp³-hybridized carbons (Fsp3) is 0.455. The van der Waals surface area contributed by atoms with Crippen LogP contribution in [-0.2, 0) is 13.0 Å². The lowest BCUT2D eigenvalue weighted by Crippen LogP contribution is -2.33. The fourth-order valence-electron chi connectivity index (χ4n) is 2.39. The maximum absolute atomic E-state index is 5.46. The summed E-state index contributed by atoms with van der Waals surface area (Å²) < 4.78 is 3.94. The number of nitrogen functional groups attached to an aromatic ring is 1. The van der Waals surface area contributed by atoms with E-state index in [9.17, 15) is 0 Å². The Labute approximate surface area is 114 Å². The van der Waals surface area contributed by atoms with Crippen LogP contribution in [0, 0.1) is 0 Å². The topological polar surface area (TPSA) is 67.1 Å². The third-order valence-electron chi connectivity index (χ3n) is 3.44. The largest absolute Gasteiger partial charge is 0.313 e. The Hall–Kier alpha value is -1.02. The summed E-state index contributed by atoms with van der Waals surface area (Å²) in [5.74, 6) is 5.46. The molecule has 5 nitrogen and oxygen atoms in total. The highest BCUT2D eigenvalue weighted by Gasteiger charge is 2.25. The molecular weight excluding hydrogens is 266 g/mol. The highest BCUT2D eigenvalue weighted by molar-refractivity contribution is 7.10. The maximum atomic E-state index is 5.46. The first-order valence-electron chi connectivity index (χ1n) is 5.87. The van der Waals surface area contributed by atoms with Crippen LogP contribution in [0.2, 0.25) is 0 Å². The molecule has 2 aromatic rings. The van der Waals surface area contributed by atoms with Crippen LogP contribution in [0.4, 0.5) is 5.00 Å². The third-order valence-corrected chi connectivity index (χ3v) is 5.14. The van der Waals surface area contributed by atoms with Gasteiger partial charge in [0.2, 0.25) is 0 Å². The molecule has 0 bridgehead atoms. The van der Waals surface area contributed by atoms with Crippen molar-refractivity contribution in [3.05, 3.63) is 27.6 Å². The van der Waals surface area contributed by atoms with Crippen molar-refractivity contribution in [3.63, 3.8) is 0 Å². The SMILES string of the molecule is CC1c2ccsc2CCN1Cc1nnsc1NN. The number of hydrogen-bond donors (Lipinski definition) is 2. The van der Waals surface area contributed by atoms with E-state index >= 15 is 0 Å².